The van der Waals surface area contributed by atoms with Crippen LogP contribution in [0.4, 0.5) is 0 Å². The molecule has 4 heteroatoms. The first-order valence-corrected chi connectivity index (χ1v) is 7.00. The van der Waals surface area contributed by atoms with E-state index in [4.69, 9.17) is 0 Å². The fraction of sp³-hybridized carbons (Fsp3) is 0.929. The molecule has 106 valence electrons. The zero-order valence-electron chi connectivity index (χ0n) is 12.2. The van der Waals surface area contributed by atoms with Gasteiger partial charge in [-0.05, 0) is 45.7 Å². The summed E-state index contributed by atoms with van der Waals surface area (Å²) in [5.74, 6) is -0.0457. The van der Waals surface area contributed by atoms with E-state index < -0.39 is 11.4 Å². The van der Waals surface area contributed by atoms with Crippen LogP contribution in [0.5, 0.6) is 0 Å². The van der Waals surface area contributed by atoms with Gasteiger partial charge in [0.2, 0.25) is 0 Å². The third-order valence-electron chi connectivity index (χ3n) is 3.62. The van der Waals surface area contributed by atoms with Crippen LogP contribution in [0.1, 0.15) is 40.5 Å². The van der Waals surface area contributed by atoms with E-state index in [1.807, 2.05) is 13.8 Å². The third kappa shape index (κ3) is 4.94. The van der Waals surface area contributed by atoms with Gasteiger partial charge in [0.1, 0.15) is 0 Å². The summed E-state index contributed by atoms with van der Waals surface area (Å²) in [4.78, 5) is 13.5. The summed E-state index contributed by atoms with van der Waals surface area (Å²) >= 11 is 0. The molecule has 0 bridgehead atoms. The fourth-order valence-electron chi connectivity index (χ4n) is 2.49. The van der Waals surface area contributed by atoms with Gasteiger partial charge in [-0.3, -0.25) is 4.79 Å². The van der Waals surface area contributed by atoms with Crippen LogP contribution in [0.25, 0.3) is 0 Å². The number of carbonyl (C=O) groups is 1. The number of nitrogens with one attached hydrogen (secondary N) is 1. The van der Waals surface area contributed by atoms with Gasteiger partial charge in [-0.1, -0.05) is 13.8 Å². The first-order valence-electron chi connectivity index (χ1n) is 7.00. The Morgan fingerprint density at radius 3 is 2.72 bits per heavy atom. The Balaban J connectivity index is 2.41. The molecule has 0 spiro atoms. The van der Waals surface area contributed by atoms with E-state index in [-0.39, 0.29) is 0 Å². The van der Waals surface area contributed by atoms with E-state index in [0.29, 0.717) is 18.5 Å². The molecule has 0 aromatic heterocycles. The molecule has 0 aromatic carbocycles. The average molecular weight is 256 g/mol. The maximum absolute atomic E-state index is 11.2. The topological polar surface area (TPSA) is 52.6 Å². The predicted molar refractivity (Wildman–Crippen MR) is 73.7 cm³/mol. The summed E-state index contributed by atoms with van der Waals surface area (Å²) in [7, 11) is 0. The molecule has 1 atom stereocenters. The van der Waals surface area contributed by atoms with Crippen LogP contribution in [0.3, 0.4) is 0 Å². The zero-order chi connectivity index (χ0) is 13.8. The van der Waals surface area contributed by atoms with Crippen molar-refractivity contribution in [2.24, 2.45) is 11.3 Å². The number of likely N-dealkylation sites (tertiary alicyclic amines) is 1. The number of hydrogen-bond donors (Lipinski definition) is 2. The Labute approximate surface area is 111 Å². The van der Waals surface area contributed by atoms with E-state index in [2.05, 4.69) is 24.1 Å². The number of rotatable bonds is 6. The Kier molecular flexibility index (Phi) is 5.60. The molecule has 1 aliphatic rings. The molecule has 0 amide bonds. The van der Waals surface area contributed by atoms with Crippen molar-refractivity contribution in [3.63, 3.8) is 0 Å². The number of carboxylic acid groups (broad SMARTS) is 1. The standard InChI is InChI=1S/C14H28N2O2/c1-11(2)15-8-12-6-5-7-16(9-12)10-14(3,4)13(17)18/h11-12,15H,5-10H2,1-4H3,(H,17,18). The molecule has 0 radical (unpaired) electrons. The summed E-state index contributed by atoms with van der Waals surface area (Å²) in [6.07, 6.45) is 2.43. The Hall–Kier alpha value is -0.610. The summed E-state index contributed by atoms with van der Waals surface area (Å²) in [6, 6.07) is 0.524. The van der Waals surface area contributed by atoms with Crippen LogP contribution >= 0.6 is 0 Å². The number of piperidine rings is 1. The van der Waals surface area contributed by atoms with Crippen LogP contribution in [-0.2, 0) is 4.79 Å². The predicted octanol–water partition coefficient (Wildman–Crippen LogP) is 1.81. The maximum Gasteiger partial charge on any atom is 0.310 e. The summed E-state index contributed by atoms with van der Waals surface area (Å²) in [5, 5.41) is 12.7. The van der Waals surface area contributed by atoms with Crippen molar-refractivity contribution < 1.29 is 9.90 Å². The number of hydrogen-bond acceptors (Lipinski definition) is 3. The lowest BCUT2D eigenvalue weighted by atomic mass is 9.90. The number of carboxylic acids is 1. The molecule has 0 aliphatic carbocycles. The SMILES string of the molecule is CC(C)NCC1CCCN(CC(C)(C)C(=O)O)C1. The molecule has 1 heterocycles. The molecule has 2 N–H and O–H groups in total. The van der Waals surface area contributed by atoms with Crippen molar-refractivity contribution >= 4 is 5.97 Å². The van der Waals surface area contributed by atoms with Crippen molar-refractivity contribution in [1.82, 2.24) is 10.2 Å². The smallest absolute Gasteiger partial charge is 0.310 e. The van der Waals surface area contributed by atoms with Gasteiger partial charge in [-0.2, -0.15) is 0 Å². The van der Waals surface area contributed by atoms with E-state index in [9.17, 15) is 9.90 Å². The second-order valence-corrected chi connectivity index (χ2v) is 6.50. The summed E-state index contributed by atoms with van der Waals surface area (Å²) in [5.41, 5.74) is -0.645. The van der Waals surface area contributed by atoms with Crippen molar-refractivity contribution in [3.05, 3.63) is 0 Å². The normalized spacial score (nSPS) is 22.4. The molecular formula is C14H28N2O2. The number of aliphatic carboxylic acids is 1. The molecule has 1 unspecified atom stereocenters. The molecule has 0 saturated carbocycles. The van der Waals surface area contributed by atoms with Crippen LogP contribution in [0, 0.1) is 11.3 Å². The first kappa shape index (κ1) is 15.4. The second kappa shape index (κ2) is 6.53. The molecule has 1 saturated heterocycles. The van der Waals surface area contributed by atoms with Gasteiger partial charge >= 0.3 is 5.97 Å². The minimum atomic E-state index is -0.704. The summed E-state index contributed by atoms with van der Waals surface area (Å²) < 4.78 is 0. The van der Waals surface area contributed by atoms with Crippen molar-refractivity contribution in [1.29, 1.82) is 0 Å². The molecule has 0 aromatic rings. The van der Waals surface area contributed by atoms with Crippen LogP contribution < -0.4 is 5.32 Å². The highest BCUT2D eigenvalue weighted by atomic mass is 16.4. The number of nitrogens with zero attached hydrogens (tertiary/aromatic N) is 1. The van der Waals surface area contributed by atoms with Crippen molar-refractivity contribution in [2.75, 3.05) is 26.2 Å². The quantitative estimate of drug-likeness (QED) is 0.761. The lowest BCUT2D eigenvalue weighted by molar-refractivity contribution is -0.148. The van der Waals surface area contributed by atoms with Crippen molar-refractivity contribution in [2.45, 2.75) is 46.6 Å². The van der Waals surface area contributed by atoms with Crippen LogP contribution in [0.15, 0.2) is 0 Å². The van der Waals surface area contributed by atoms with Crippen LogP contribution in [-0.4, -0.2) is 48.2 Å². The monoisotopic (exact) mass is 256 g/mol. The Morgan fingerprint density at radius 1 is 1.50 bits per heavy atom. The highest BCUT2D eigenvalue weighted by molar-refractivity contribution is 5.73. The van der Waals surface area contributed by atoms with E-state index in [1.54, 1.807) is 0 Å². The highest BCUT2D eigenvalue weighted by Crippen LogP contribution is 2.22. The van der Waals surface area contributed by atoms with Gasteiger partial charge in [0.15, 0.2) is 0 Å². The maximum atomic E-state index is 11.2. The average Bonchev–Trinajstić information content (AvgIpc) is 2.26. The molecule has 4 nitrogen and oxygen atoms in total. The van der Waals surface area contributed by atoms with E-state index in [0.717, 1.165) is 19.6 Å². The minimum Gasteiger partial charge on any atom is -0.481 e. The van der Waals surface area contributed by atoms with Gasteiger partial charge in [0, 0.05) is 19.1 Å². The molecule has 1 rings (SSSR count). The summed E-state index contributed by atoms with van der Waals surface area (Å²) in [6.45, 7) is 11.7. The molecular weight excluding hydrogens is 228 g/mol. The fourth-order valence-corrected chi connectivity index (χ4v) is 2.49. The van der Waals surface area contributed by atoms with Gasteiger partial charge in [-0.25, -0.2) is 0 Å². The Bertz CT molecular complexity index is 277. The van der Waals surface area contributed by atoms with Gasteiger partial charge in [0.05, 0.1) is 5.41 Å². The lowest BCUT2D eigenvalue weighted by Gasteiger charge is -2.36. The molecule has 1 fully saturated rings. The van der Waals surface area contributed by atoms with Crippen LogP contribution in [0.2, 0.25) is 0 Å². The van der Waals surface area contributed by atoms with Gasteiger partial charge in [0.25, 0.3) is 0 Å². The van der Waals surface area contributed by atoms with E-state index >= 15 is 0 Å². The largest absolute Gasteiger partial charge is 0.481 e. The van der Waals surface area contributed by atoms with Gasteiger partial charge < -0.3 is 15.3 Å². The first-order chi connectivity index (χ1) is 8.31. The highest BCUT2D eigenvalue weighted by Gasteiger charge is 2.31. The third-order valence-corrected chi connectivity index (χ3v) is 3.62. The lowest BCUT2D eigenvalue weighted by Crippen LogP contribution is -2.46. The molecule has 18 heavy (non-hydrogen) atoms. The van der Waals surface area contributed by atoms with E-state index in [1.165, 1.54) is 12.8 Å². The molecule has 1 aliphatic heterocycles. The second-order valence-electron chi connectivity index (χ2n) is 6.50. The zero-order valence-corrected chi connectivity index (χ0v) is 12.2. The Morgan fingerprint density at radius 2 is 2.17 bits per heavy atom. The van der Waals surface area contributed by atoms with Crippen molar-refractivity contribution in [3.8, 4) is 0 Å². The van der Waals surface area contributed by atoms with Gasteiger partial charge in [-0.15, -0.1) is 0 Å². The minimum absolute atomic E-state index is 0.524.